The number of hydrogen-bond acceptors (Lipinski definition) is 3. The summed E-state index contributed by atoms with van der Waals surface area (Å²) in [6.07, 6.45) is 76.0. The van der Waals surface area contributed by atoms with Gasteiger partial charge in [-0.1, -0.05) is 212 Å². The number of aliphatic hydroxyl groups excluding tert-OH is 2. The number of carbonyl (C=O) groups excluding carboxylic acids is 1. The van der Waals surface area contributed by atoms with E-state index in [1.807, 2.05) is 6.08 Å². The Hall–Kier alpha value is -3.47. The molecule has 0 spiro atoms. The molecule has 3 N–H and O–H groups in total. The van der Waals surface area contributed by atoms with Crippen LogP contribution in [0.5, 0.6) is 0 Å². The first-order valence-electron chi connectivity index (χ1n) is 23.4. The molecule has 0 saturated heterocycles. The van der Waals surface area contributed by atoms with Gasteiger partial charge in [-0.2, -0.15) is 0 Å². The lowest BCUT2D eigenvalue weighted by molar-refractivity contribution is -0.123. The number of hydrogen-bond donors (Lipinski definition) is 3. The van der Waals surface area contributed by atoms with Crippen LogP contribution in [-0.2, 0) is 4.79 Å². The molecule has 0 bridgehead atoms. The quantitative estimate of drug-likeness (QED) is 0.0427. The number of carbonyl (C=O) groups is 1. The van der Waals surface area contributed by atoms with Gasteiger partial charge in [0.2, 0.25) is 5.91 Å². The second kappa shape index (κ2) is 47.9. The molecule has 2 atom stereocenters. The third-order valence-electron chi connectivity index (χ3n) is 9.60. The van der Waals surface area contributed by atoms with Crippen LogP contribution in [0.25, 0.3) is 0 Å². The van der Waals surface area contributed by atoms with Crippen LogP contribution < -0.4 is 5.32 Å². The molecular formula is C54H87NO3. The van der Waals surface area contributed by atoms with Gasteiger partial charge in [0.25, 0.3) is 0 Å². The van der Waals surface area contributed by atoms with Gasteiger partial charge in [-0.3, -0.25) is 4.79 Å². The van der Waals surface area contributed by atoms with E-state index in [-0.39, 0.29) is 12.5 Å². The molecule has 0 saturated carbocycles. The zero-order valence-electron chi connectivity index (χ0n) is 37.3. The van der Waals surface area contributed by atoms with Crippen molar-refractivity contribution in [1.29, 1.82) is 0 Å². The number of rotatable bonds is 40. The first-order valence-corrected chi connectivity index (χ1v) is 23.4. The molecule has 0 aliphatic heterocycles. The molecule has 0 aliphatic rings. The van der Waals surface area contributed by atoms with Crippen molar-refractivity contribution in [2.24, 2.45) is 0 Å². The van der Waals surface area contributed by atoms with Gasteiger partial charge < -0.3 is 15.5 Å². The van der Waals surface area contributed by atoms with E-state index in [1.54, 1.807) is 6.08 Å². The fraction of sp³-hybridized carbons (Fsp3) is 0.574. The normalized spacial score (nSPS) is 14.2. The summed E-state index contributed by atoms with van der Waals surface area (Å²) < 4.78 is 0. The Morgan fingerprint density at radius 3 is 1.19 bits per heavy atom. The molecule has 0 aromatic heterocycles. The minimum Gasteiger partial charge on any atom is -0.394 e. The van der Waals surface area contributed by atoms with Crippen molar-refractivity contribution in [1.82, 2.24) is 5.32 Å². The van der Waals surface area contributed by atoms with Crippen LogP contribution >= 0.6 is 0 Å². The zero-order valence-corrected chi connectivity index (χ0v) is 37.3. The van der Waals surface area contributed by atoms with Gasteiger partial charge in [0.1, 0.15) is 0 Å². The molecule has 0 fully saturated rings. The van der Waals surface area contributed by atoms with Crippen molar-refractivity contribution < 1.29 is 15.0 Å². The van der Waals surface area contributed by atoms with E-state index in [2.05, 4.69) is 141 Å². The van der Waals surface area contributed by atoms with Crippen LogP contribution in [0.4, 0.5) is 0 Å². The van der Waals surface area contributed by atoms with Gasteiger partial charge in [-0.05, 0) is 96.3 Å². The molecule has 0 radical (unpaired) electrons. The summed E-state index contributed by atoms with van der Waals surface area (Å²) in [7, 11) is 0. The molecule has 0 aromatic rings. The van der Waals surface area contributed by atoms with E-state index in [9.17, 15) is 15.0 Å². The molecule has 4 nitrogen and oxygen atoms in total. The van der Waals surface area contributed by atoms with Crippen LogP contribution in [-0.4, -0.2) is 34.9 Å². The largest absolute Gasteiger partial charge is 0.394 e. The minimum absolute atomic E-state index is 0.0892. The van der Waals surface area contributed by atoms with Gasteiger partial charge in [0.05, 0.1) is 18.8 Å². The average molecular weight is 798 g/mol. The molecule has 0 rings (SSSR count). The molecule has 0 heterocycles. The van der Waals surface area contributed by atoms with E-state index in [1.165, 1.54) is 57.8 Å². The van der Waals surface area contributed by atoms with E-state index in [4.69, 9.17) is 0 Å². The van der Waals surface area contributed by atoms with Crippen molar-refractivity contribution in [2.75, 3.05) is 6.61 Å². The lowest BCUT2D eigenvalue weighted by atomic mass is 10.0. The van der Waals surface area contributed by atoms with Gasteiger partial charge >= 0.3 is 0 Å². The van der Waals surface area contributed by atoms with Crippen molar-refractivity contribution in [3.63, 3.8) is 0 Å². The summed E-state index contributed by atoms with van der Waals surface area (Å²) in [6, 6.07) is -0.645. The second-order valence-electron chi connectivity index (χ2n) is 15.1. The molecule has 0 aliphatic carbocycles. The summed E-state index contributed by atoms with van der Waals surface area (Å²) in [5.41, 5.74) is 0. The summed E-state index contributed by atoms with van der Waals surface area (Å²) in [5.74, 6) is -0.0892. The van der Waals surface area contributed by atoms with Crippen LogP contribution in [0.3, 0.4) is 0 Å². The Morgan fingerprint density at radius 1 is 0.431 bits per heavy atom. The second-order valence-corrected chi connectivity index (χ2v) is 15.1. The number of nitrogens with one attached hydrogen (secondary N) is 1. The highest BCUT2D eigenvalue weighted by molar-refractivity contribution is 5.76. The Kier molecular flexibility index (Phi) is 45.0. The maximum atomic E-state index is 12.3. The predicted octanol–water partition coefficient (Wildman–Crippen LogP) is 15.1. The standard InChI is InChI=1S/C54H87NO3/c1-3-5-7-9-11-12-13-14-15-16-17-18-19-20-21-22-23-24-25-26-27-28-29-30-31-32-33-34-35-36-37-38-39-40-41-42-44-46-48-50-54(58)55-52(51-56)53(57)49-47-45-43-10-8-6-4-2/h5,7-8,10-12,14-15,17-18,20-21,23-24,26-27,29-30,32-33,47,49,52-53,56-57H,3-4,6,9,13,16,19,22,25,28,31,34-46,48,50-51H2,1-2H3,(H,55,58)/b7-5-,10-8+,12-11-,15-14-,18-17-,21-20-,24-23-,27-26-,30-29-,33-32-,49-47+. The maximum absolute atomic E-state index is 12.3. The number of amides is 1. The Morgan fingerprint density at radius 2 is 0.776 bits per heavy atom. The van der Waals surface area contributed by atoms with E-state index < -0.39 is 12.1 Å². The van der Waals surface area contributed by atoms with Crippen molar-refractivity contribution >= 4 is 5.91 Å². The molecule has 4 heteroatoms. The van der Waals surface area contributed by atoms with E-state index in [0.29, 0.717) is 6.42 Å². The minimum atomic E-state index is -0.867. The van der Waals surface area contributed by atoms with Crippen LogP contribution in [0.15, 0.2) is 134 Å². The Bertz CT molecular complexity index is 1220. The van der Waals surface area contributed by atoms with E-state index in [0.717, 1.165) is 103 Å². The highest BCUT2D eigenvalue weighted by Crippen LogP contribution is 2.13. The lowest BCUT2D eigenvalue weighted by Gasteiger charge is -2.19. The SMILES string of the molecule is CC/C=C\C/C=C\C/C=C\C/C=C\C/C=C\C/C=C\C/C=C\C/C=C\C/C=C\CCCCCCCCCCCCCC(=O)NC(CO)C(O)/C=C/CC/C=C/CCC. The molecule has 326 valence electrons. The predicted molar refractivity (Wildman–Crippen MR) is 257 cm³/mol. The van der Waals surface area contributed by atoms with Gasteiger partial charge in [0, 0.05) is 6.42 Å². The number of unbranched alkanes of at least 4 members (excludes halogenated alkanes) is 13. The Labute approximate surface area is 358 Å². The molecule has 2 unspecified atom stereocenters. The molecule has 58 heavy (non-hydrogen) atoms. The zero-order chi connectivity index (χ0) is 42.1. The van der Waals surface area contributed by atoms with Gasteiger partial charge in [-0.15, -0.1) is 0 Å². The molecule has 1 amide bonds. The third-order valence-corrected chi connectivity index (χ3v) is 9.60. The van der Waals surface area contributed by atoms with Crippen molar-refractivity contribution in [3.05, 3.63) is 134 Å². The smallest absolute Gasteiger partial charge is 0.220 e. The maximum Gasteiger partial charge on any atom is 0.220 e. The third kappa shape index (κ3) is 43.6. The van der Waals surface area contributed by atoms with Crippen LogP contribution in [0, 0.1) is 0 Å². The fourth-order valence-corrected chi connectivity index (χ4v) is 6.07. The summed E-state index contributed by atoms with van der Waals surface area (Å²) >= 11 is 0. The first-order chi connectivity index (χ1) is 28.7. The molecule has 0 aromatic carbocycles. The summed E-state index contributed by atoms with van der Waals surface area (Å²) in [4.78, 5) is 12.3. The highest BCUT2D eigenvalue weighted by Gasteiger charge is 2.17. The number of aliphatic hydroxyl groups is 2. The van der Waals surface area contributed by atoms with Gasteiger partial charge in [0.15, 0.2) is 0 Å². The molecular weight excluding hydrogens is 711 g/mol. The lowest BCUT2D eigenvalue weighted by Crippen LogP contribution is -2.45. The topological polar surface area (TPSA) is 69.6 Å². The number of allylic oxidation sites excluding steroid dienone is 21. The monoisotopic (exact) mass is 798 g/mol. The average Bonchev–Trinajstić information content (AvgIpc) is 3.23. The van der Waals surface area contributed by atoms with Crippen molar-refractivity contribution in [3.8, 4) is 0 Å². The summed E-state index contributed by atoms with van der Waals surface area (Å²) in [5, 5.41) is 22.7. The van der Waals surface area contributed by atoms with Crippen LogP contribution in [0.1, 0.15) is 181 Å². The van der Waals surface area contributed by atoms with Crippen molar-refractivity contribution in [2.45, 2.75) is 193 Å². The fourth-order valence-electron chi connectivity index (χ4n) is 6.07. The Balaban J connectivity index is 3.59. The summed E-state index contributed by atoms with van der Waals surface area (Å²) in [6.45, 7) is 4.05. The highest BCUT2D eigenvalue weighted by atomic mass is 16.3. The van der Waals surface area contributed by atoms with Crippen LogP contribution in [0.2, 0.25) is 0 Å². The first kappa shape index (κ1) is 54.5. The van der Waals surface area contributed by atoms with Gasteiger partial charge in [-0.25, -0.2) is 0 Å². The van der Waals surface area contributed by atoms with E-state index >= 15 is 0 Å².